The maximum Gasteiger partial charge on any atom is 0.410 e. The van der Waals surface area contributed by atoms with Crippen LogP contribution in [0.4, 0.5) is 4.79 Å². The molecular formula is C32H33NO5. The van der Waals surface area contributed by atoms with Gasteiger partial charge in [-0.15, -0.1) is 0 Å². The molecule has 3 aromatic rings. The van der Waals surface area contributed by atoms with Crippen LogP contribution >= 0.6 is 0 Å². The molecule has 6 heteroatoms. The Hall–Kier alpha value is -3.48. The summed E-state index contributed by atoms with van der Waals surface area (Å²) in [5, 5.41) is 0. The first-order valence-electron chi connectivity index (χ1n) is 13.4. The van der Waals surface area contributed by atoms with Crippen molar-refractivity contribution in [1.82, 2.24) is 4.90 Å². The van der Waals surface area contributed by atoms with Crippen molar-refractivity contribution in [1.29, 1.82) is 0 Å². The summed E-state index contributed by atoms with van der Waals surface area (Å²) < 4.78 is 16.9. The summed E-state index contributed by atoms with van der Waals surface area (Å²) in [5.74, 6) is -0.00132. The zero-order valence-electron chi connectivity index (χ0n) is 21.8. The molecule has 2 heterocycles. The van der Waals surface area contributed by atoms with Gasteiger partial charge in [-0.3, -0.25) is 4.79 Å². The van der Waals surface area contributed by atoms with Gasteiger partial charge in [0.05, 0.1) is 0 Å². The first kappa shape index (κ1) is 24.8. The largest absolute Gasteiger partial charge is 0.448 e. The van der Waals surface area contributed by atoms with E-state index < -0.39 is 6.29 Å². The summed E-state index contributed by atoms with van der Waals surface area (Å²) in [6, 6.07) is 24.3. The molecule has 2 saturated heterocycles. The Bertz CT molecular complexity index is 1290. The van der Waals surface area contributed by atoms with Crippen LogP contribution in [0.2, 0.25) is 0 Å². The van der Waals surface area contributed by atoms with E-state index in [2.05, 4.69) is 36.4 Å². The van der Waals surface area contributed by atoms with Gasteiger partial charge >= 0.3 is 6.09 Å². The van der Waals surface area contributed by atoms with Gasteiger partial charge in [0.1, 0.15) is 6.61 Å². The third kappa shape index (κ3) is 4.22. The van der Waals surface area contributed by atoms with Crippen LogP contribution < -0.4 is 0 Å². The lowest BCUT2D eigenvalue weighted by molar-refractivity contribution is -0.106. The SMILES string of the molecule is COC(OC)c1ccccc1C(=O)C1CC2CCC(C1)N2C(=O)OCC1c2ccccc2-c2ccccc21. The highest BCUT2D eigenvalue weighted by atomic mass is 16.7. The maximum absolute atomic E-state index is 13.6. The van der Waals surface area contributed by atoms with Crippen LogP contribution in [0, 0.1) is 5.92 Å². The van der Waals surface area contributed by atoms with Crippen molar-refractivity contribution >= 4 is 11.9 Å². The highest BCUT2D eigenvalue weighted by Crippen LogP contribution is 2.45. The van der Waals surface area contributed by atoms with Crippen molar-refractivity contribution in [2.24, 2.45) is 5.92 Å². The van der Waals surface area contributed by atoms with E-state index in [4.69, 9.17) is 14.2 Å². The lowest BCUT2D eigenvalue weighted by atomic mass is 9.83. The lowest BCUT2D eigenvalue weighted by Gasteiger charge is -2.38. The van der Waals surface area contributed by atoms with Gasteiger partial charge in [0.2, 0.25) is 0 Å². The van der Waals surface area contributed by atoms with Gasteiger partial charge in [-0.05, 0) is 47.9 Å². The molecule has 3 aromatic carbocycles. The first-order valence-corrected chi connectivity index (χ1v) is 13.4. The topological polar surface area (TPSA) is 65.1 Å². The van der Waals surface area contributed by atoms with Gasteiger partial charge in [-0.25, -0.2) is 4.79 Å². The number of carbonyl (C=O) groups excluding carboxylic acids is 2. The molecule has 1 aliphatic carbocycles. The number of methoxy groups -OCH3 is 2. The van der Waals surface area contributed by atoms with E-state index in [-0.39, 0.29) is 35.8 Å². The molecule has 2 atom stereocenters. The molecule has 0 radical (unpaired) electrons. The molecule has 2 bridgehead atoms. The predicted molar refractivity (Wildman–Crippen MR) is 144 cm³/mol. The number of benzene rings is 3. The Kier molecular flexibility index (Phi) is 6.76. The lowest BCUT2D eigenvalue weighted by Crippen LogP contribution is -2.48. The Labute approximate surface area is 223 Å². The number of carbonyl (C=O) groups is 2. The molecule has 0 aromatic heterocycles. The summed E-state index contributed by atoms with van der Waals surface area (Å²) in [4.78, 5) is 28.9. The third-order valence-electron chi connectivity index (χ3n) is 8.56. The van der Waals surface area contributed by atoms with Gasteiger partial charge < -0.3 is 19.1 Å². The zero-order chi connectivity index (χ0) is 26.2. The number of hydrogen-bond acceptors (Lipinski definition) is 5. The molecule has 0 spiro atoms. The Morgan fingerprint density at radius 2 is 1.37 bits per heavy atom. The summed E-state index contributed by atoms with van der Waals surface area (Å²) in [6.07, 6.45) is 2.26. The van der Waals surface area contributed by atoms with E-state index >= 15 is 0 Å². The molecule has 2 unspecified atom stereocenters. The fourth-order valence-corrected chi connectivity index (χ4v) is 6.85. The van der Waals surface area contributed by atoms with Gasteiger partial charge in [-0.1, -0.05) is 72.8 Å². The standard InChI is InChI=1S/C32H33NO5/c1-36-31(37-2)28-14-8-7-13-27(28)30(34)20-17-21-15-16-22(18-20)33(21)32(35)38-19-29-25-11-5-3-9-23(25)24-10-4-6-12-26(24)29/h3-14,20-22,29,31H,15-19H2,1-2H3. The zero-order valence-corrected chi connectivity index (χ0v) is 21.8. The van der Waals surface area contributed by atoms with Gasteiger partial charge in [0.25, 0.3) is 0 Å². The van der Waals surface area contributed by atoms with Crippen molar-refractivity contribution < 1.29 is 23.8 Å². The molecular weight excluding hydrogens is 478 g/mol. The van der Waals surface area contributed by atoms with Gasteiger partial charge in [0, 0.05) is 49.3 Å². The van der Waals surface area contributed by atoms with Gasteiger partial charge in [0.15, 0.2) is 12.1 Å². The number of nitrogens with zero attached hydrogens (tertiary/aromatic N) is 1. The highest BCUT2D eigenvalue weighted by Gasteiger charge is 2.46. The number of rotatable bonds is 7. The molecule has 2 fully saturated rings. The number of hydrogen-bond donors (Lipinski definition) is 0. The van der Waals surface area contributed by atoms with E-state index in [1.165, 1.54) is 22.3 Å². The molecule has 0 N–H and O–H groups in total. The monoisotopic (exact) mass is 511 g/mol. The van der Waals surface area contributed by atoms with Crippen molar-refractivity contribution in [2.75, 3.05) is 20.8 Å². The second-order valence-electron chi connectivity index (χ2n) is 10.5. The first-order chi connectivity index (χ1) is 18.6. The summed E-state index contributed by atoms with van der Waals surface area (Å²) in [7, 11) is 3.14. The molecule has 6 nitrogen and oxygen atoms in total. The minimum Gasteiger partial charge on any atom is -0.448 e. The van der Waals surface area contributed by atoms with Crippen LogP contribution in [0.5, 0.6) is 0 Å². The molecule has 0 saturated carbocycles. The minimum absolute atomic E-state index is 0.0196. The van der Waals surface area contributed by atoms with Crippen LogP contribution in [0.15, 0.2) is 72.8 Å². The van der Waals surface area contributed by atoms with Crippen molar-refractivity contribution in [3.05, 3.63) is 95.1 Å². The summed E-state index contributed by atoms with van der Waals surface area (Å²) >= 11 is 0. The summed E-state index contributed by atoms with van der Waals surface area (Å²) in [5.41, 5.74) is 6.23. The van der Waals surface area contributed by atoms with E-state index in [0.29, 0.717) is 25.0 Å². The number of ketones is 1. The van der Waals surface area contributed by atoms with Crippen molar-refractivity contribution in [3.63, 3.8) is 0 Å². The van der Waals surface area contributed by atoms with Crippen molar-refractivity contribution in [2.45, 2.75) is 50.0 Å². The highest BCUT2D eigenvalue weighted by molar-refractivity contribution is 5.99. The number of ether oxygens (including phenoxy) is 3. The van der Waals surface area contributed by atoms with Crippen LogP contribution in [0.25, 0.3) is 11.1 Å². The Balaban J connectivity index is 1.15. The molecule has 6 rings (SSSR count). The van der Waals surface area contributed by atoms with E-state index in [9.17, 15) is 9.59 Å². The average molecular weight is 512 g/mol. The van der Waals surface area contributed by atoms with E-state index in [1.54, 1.807) is 14.2 Å². The molecule has 38 heavy (non-hydrogen) atoms. The number of fused-ring (bicyclic) bond motifs is 5. The molecule has 2 aliphatic heterocycles. The summed E-state index contributed by atoms with van der Waals surface area (Å²) in [6.45, 7) is 0.313. The third-order valence-corrected chi connectivity index (χ3v) is 8.56. The molecule has 3 aliphatic rings. The molecule has 1 amide bonds. The van der Waals surface area contributed by atoms with Crippen LogP contribution in [0.3, 0.4) is 0 Å². The Morgan fingerprint density at radius 3 is 1.97 bits per heavy atom. The van der Waals surface area contributed by atoms with Gasteiger partial charge in [-0.2, -0.15) is 0 Å². The smallest absolute Gasteiger partial charge is 0.410 e. The quantitative estimate of drug-likeness (QED) is 0.273. The number of amides is 1. The van der Waals surface area contributed by atoms with Crippen LogP contribution in [-0.4, -0.2) is 49.7 Å². The second kappa shape index (κ2) is 10.4. The minimum atomic E-state index is -0.590. The number of Topliss-reactive ketones (excluding diaryl/α,β-unsaturated/α-hetero) is 1. The predicted octanol–water partition coefficient (Wildman–Crippen LogP) is 6.35. The van der Waals surface area contributed by atoms with Crippen LogP contribution in [0.1, 0.15) is 64.9 Å². The normalized spacial score (nSPS) is 21.9. The van der Waals surface area contributed by atoms with Crippen LogP contribution in [-0.2, 0) is 14.2 Å². The van der Waals surface area contributed by atoms with Crippen molar-refractivity contribution in [3.8, 4) is 11.1 Å². The van der Waals surface area contributed by atoms with E-state index in [1.807, 2.05) is 41.3 Å². The average Bonchev–Trinajstić information content (AvgIpc) is 3.42. The fraction of sp³-hybridized carbons (Fsp3) is 0.375. The maximum atomic E-state index is 13.6. The Morgan fingerprint density at radius 1 is 0.816 bits per heavy atom. The van der Waals surface area contributed by atoms with E-state index in [0.717, 1.165) is 18.4 Å². The fourth-order valence-electron chi connectivity index (χ4n) is 6.85. The second-order valence-corrected chi connectivity index (χ2v) is 10.5. The number of piperidine rings is 1. The molecule has 196 valence electrons.